The Morgan fingerprint density at radius 2 is 1.72 bits per heavy atom. The molecule has 1 aliphatic rings. The van der Waals surface area contributed by atoms with Crippen molar-refractivity contribution in [3.8, 4) is 22.5 Å². The Hall–Kier alpha value is -3.41. The van der Waals surface area contributed by atoms with Gasteiger partial charge >= 0.3 is 0 Å². The largest absolute Gasteiger partial charge is 0.356 e. The summed E-state index contributed by atoms with van der Waals surface area (Å²) in [6, 6.07) is 13.5. The zero-order valence-corrected chi connectivity index (χ0v) is 15.6. The van der Waals surface area contributed by atoms with Crippen molar-refractivity contribution in [3.05, 3.63) is 72.6 Å². The van der Waals surface area contributed by atoms with E-state index in [9.17, 15) is 8.78 Å². The maximum Gasteiger partial charge on any atom is 0.166 e. The zero-order valence-electron chi connectivity index (χ0n) is 15.6. The molecule has 0 bridgehead atoms. The maximum absolute atomic E-state index is 14.4. The standard InChI is InChI=1S/C23H18F2N4/c24-19-7-3-6-17(21(19)25)15-8-9-20-18(13-15)23(29-11-1-2-12-29)28-22(27-20)16-5-4-10-26-14-16/h3-10,13-14H,1-2,11-12H2. The quantitative estimate of drug-likeness (QED) is 0.481. The minimum absolute atomic E-state index is 0.232. The van der Waals surface area contributed by atoms with E-state index in [4.69, 9.17) is 9.97 Å². The molecule has 1 fully saturated rings. The summed E-state index contributed by atoms with van der Waals surface area (Å²) < 4.78 is 28.1. The third-order valence-electron chi connectivity index (χ3n) is 5.26. The topological polar surface area (TPSA) is 41.9 Å². The van der Waals surface area contributed by atoms with Crippen LogP contribution in [0.25, 0.3) is 33.4 Å². The summed E-state index contributed by atoms with van der Waals surface area (Å²) in [5, 5.41) is 0.834. The highest BCUT2D eigenvalue weighted by Crippen LogP contribution is 2.33. The van der Waals surface area contributed by atoms with E-state index in [0.29, 0.717) is 11.4 Å². The molecule has 2 aromatic carbocycles. The first-order valence-electron chi connectivity index (χ1n) is 9.62. The van der Waals surface area contributed by atoms with Gasteiger partial charge in [0.15, 0.2) is 17.5 Å². The minimum Gasteiger partial charge on any atom is -0.356 e. The van der Waals surface area contributed by atoms with Crippen LogP contribution in [0, 0.1) is 11.6 Å². The lowest BCUT2D eigenvalue weighted by Crippen LogP contribution is -2.20. The molecule has 4 nitrogen and oxygen atoms in total. The van der Waals surface area contributed by atoms with Crippen molar-refractivity contribution >= 4 is 16.7 Å². The smallest absolute Gasteiger partial charge is 0.166 e. The molecule has 0 aliphatic carbocycles. The molecule has 0 unspecified atom stereocenters. The van der Waals surface area contributed by atoms with Crippen LogP contribution in [0.3, 0.4) is 0 Å². The number of aromatic nitrogens is 3. The zero-order chi connectivity index (χ0) is 19.8. The molecule has 2 aromatic heterocycles. The second-order valence-electron chi connectivity index (χ2n) is 7.14. The predicted molar refractivity (Wildman–Crippen MR) is 110 cm³/mol. The molecule has 1 aliphatic heterocycles. The van der Waals surface area contributed by atoms with Crippen LogP contribution in [0.15, 0.2) is 60.9 Å². The molecule has 0 saturated carbocycles. The lowest BCUT2D eigenvalue weighted by atomic mass is 10.0. The Kier molecular flexibility index (Phi) is 4.39. The van der Waals surface area contributed by atoms with Crippen molar-refractivity contribution in [1.29, 1.82) is 0 Å². The van der Waals surface area contributed by atoms with Crippen LogP contribution in [0.4, 0.5) is 14.6 Å². The van der Waals surface area contributed by atoms with E-state index in [2.05, 4.69) is 9.88 Å². The first kappa shape index (κ1) is 17.7. The number of nitrogens with zero attached hydrogens (tertiary/aromatic N) is 4. The number of benzene rings is 2. The van der Waals surface area contributed by atoms with Gasteiger partial charge in [-0.05, 0) is 48.7 Å². The fourth-order valence-corrected chi connectivity index (χ4v) is 3.80. The Bertz CT molecular complexity index is 1190. The molecule has 4 aromatic rings. The van der Waals surface area contributed by atoms with Gasteiger partial charge in [0, 0.05) is 42.0 Å². The summed E-state index contributed by atoms with van der Waals surface area (Å²) in [5.41, 5.74) is 2.44. The third-order valence-corrected chi connectivity index (χ3v) is 5.26. The first-order valence-corrected chi connectivity index (χ1v) is 9.62. The van der Waals surface area contributed by atoms with Gasteiger partial charge in [-0.15, -0.1) is 0 Å². The molecule has 3 heterocycles. The summed E-state index contributed by atoms with van der Waals surface area (Å²) in [6.45, 7) is 1.83. The molecule has 5 rings (SSSR count). The Morgan fingerprint density at radius 3 is 2.52 bits per heavy atom. The summed E-state index contributed by atoms with van der Waals surface area (Å²) in [5.74, 6) is -0.268. The number of hydrogen-bond donors (Lipinski definition) is 0. The van der Waals surface area contributed by atoms with E-state index >= 15 is 0 Å². The summed E-state index contributed by atoms with van der Waals surface area (Å²) in [6.07, 6.45) is 5.66. The van der Waals surface area contributed by atoms with Crippen LogP contribution >= 0.6 is 0 Å². The minimum atomic E-state index is -0.856. The lowest BCUT2D eigenvalue weighted by molar-refractivity contribution is 0.511. The molecule has 0 atom stereocenters. The van der Waals surface area contributed by atoms with E-state index in [1.54, 1.807) is 24.5 Å². The van der Waals surface area contributed by atoms with Crippen molar-refractivity contribution in [3.63, 3.8) is 0 Å². The molecule has 0 radical (unpaired) electrons. The summed E-state index contributed by atoms with van der Waals surface area (Å²) in [4.78, 5) is 15.9. The van der Waals surface area contributed by atoms with Crippen molar-refractivity contribution < 1.29 is 8.78 Å². The van der Waals surface area contributed by atoms with Crippen LogP contribution in [-0.4, -0.2) is 28.0 Å². The number of halogens is 2. The third kappa shape index (κ3) is 3.20. The van der Waals surface area contributed by atoms with Crippen molar-refractivity contribution in [1.82, 2.24) is 15.0 Å². The average Bonchev–Trinajstić information content (AvgIpc) is 3.30. The number of rotatable bonds is 3. The fourth-order valence-electron chi connectivity index (χ4n) is 3.80. The highest BCUT2D eigenvalue weighted by atomic mass is 19.2. The van der Waals surface area contributed by atoms with Crippen LogP contribution in [0.5, 0.6) is 0 Å². The molecular weight excluding hydrogens is 370 g/mol. The van der Waals surface area contributed by atoms with Crippen LogP contribution in [0.1, 0.15) is 12.8 Å². The van der Waals surface area contributed by atoms with Crippen LogP contribution in [0.2, 0.25) is 0 Å². The molecule has 29 heavy (non-hydrogen) atoms. The monoisotopic (exact) mass is 388 g/mol. The van der Waals surface area contributed by atoms with Crippen LogP contribution < -0.4 is 4.90 Å². The number of anilines is 1. The van der Waals surface area contributed by atoms with Gasteiger partial charge in [-0.1, -0.05) is 18.2 Å². The molecule has 144 valence electrons. The van der Waals surface area contributed by atoms with Crippen molar-refractivity contribution in [2.75, 3.05) is 18.0 Å². The van der Waals surface area contributed by atoms with Gasteiger partial charge < -0.3 is 4.90 Å². The van der Waals surface area contributed by atoms with E-state index in [0.717, 1.165) is 54.3 Å². The Balaban J connectivity index is 1.72. The van der Waals surface area contributed by atoms with E-state index in [-0.39, 0.29) is 5.56 Å². The second kappa shape index (κ2) is 7.20. The van der Waals surface area contributed by atoms with Crippen molar-refractivity contribution in [2.45, 2.75) is 12.8 Å². The fraction of sp³-hybridized carbons (Fsp3) is 0.174. The SMILES string of the molecule is Fc1cccc(-c2ccc3nc(-c4cccnc4)nc(N4CCCC4)c3c2)c1F. The van der Waals surface area contributed by atoms with E-state index in [1.165, 1.54) is 6.07 Å². The highest BCUT2D eigenvalue weighted by Gasteiger charge is 2.20. The number of hydrogen-bond acceptors (Lipinski definition) is 4. The molecule has 0 N–H and O–H groups in total. The molecular formula is C23H18F2N4. The van der Waals surface area contributed by atoms with Gasteiger partial charge in [-0.2, -0.15) is 0 Å². The molecule has 0 amide bonds. The Labute approximate surface area is 166 Å². The normalized spacial score (nSPS) is 13.9. The Morgan fingerprint density at radius 1 is 0.862 bits per heavy atom. The first-order chi connectivity index (χ1) is 14.2. The van der Waals surface area contributed by atoms with E-state index in [1.807, 2.05) is 24.3 Å². The summed E-state index contributed by atoms with van der Waals surface area (Å²) >= 11 is 0. The highest BCUT2D eigenvalue weighted by molar-refractivity contribution is 5.94. The van der Waals surface area contributed by atoms with Gasteiger partial charge in [0.05, 0.1) is 5.52 Å². The molecule has 0 spiro atoms. The lowest BCUT2D eigenvalue weighted by Gasteiger charge is -2.20. The van der Waals surface area contributed by atoms with Gasteiger partial charge in [-0.3, -0.25) is 4.98 Å². The number of pyridine rings is 1. The molecule has 6 heteroatoms. The maximum atomic E-state index is 14.4. The van der Waals surface area contributed by atoms with E-state index < -0.39 is 11.6 Å². The predicted octanol–water partition coefficient (Wildman–Crippen LogP) is 5.24. The van der Waals surface area contributed by atoms with Crippen molar-refractivity contribution in [2.24, 2.45) is 0 Å². The van der Waals surface area contributed by atoms with Gasteiger partial charge in [0.1, 0.15) is 5.82 Å². The van der Waals surface area contributed by atoms with Gasteiger partial charge in [-0.25, -0.2) is 18.7 Å². The van der Waals surface area contributed by atoms with Gasteiger partial charge in [0.2, 0.25) is 0 Å². The average molecular weight is 388 g/mol. The number of fused-ring (bicyclic) bond motifs is 1. The molecule has 1 saturated heterocycles. The second-order valence-corrected chi connectivity index (χ2v) is 7.14. The summed E-state index contributed by atoms with van der Waals surface area (Å²) in [7, 11) is 0. The van der Waals surface area contributed by atoms with Gasteiger partial charge in [0.25, 0.3) is 0 Å². The van der Waals surface area contributed by atoms with Crippen LogP contribution in [-0.2, 0) is 0 Å².